The highest BCUT2D eigenvalue weighted by Crippen LogP contribution is 2.32. The number of nitrogens with one attached hydrogen (secondary N) is 1. The highest BCUT2D eigenvalue weighted by molar-refractivity contribution is 8.26. The van der Waals surface area contributed by atoms with E-state index in [2.05, 4.69) is 5.32 Å². The molecule has 1 fully saturated rings. The van der Waals surface area contributed by atoms with Gasteiger partial charge in [0, 0.05) is 13.0 Å². The van der Waals surface area contributed by atoms with Crippen LogP contribution in [-0.2, 0) is 9.59 Å². The summed E-state index contributed by atoms with van der Waals surface area (Å²) in [4.78, 5) is 38.2. The van der Waals surface area contributed by atoms with Gasteiger partial charge in [-0.05, 0) is 36.6 Å². The van der Waals surface area contributed by atoms with E-state index in [9.17, 15) is 19.5 Å². The van der Waals surface area contributed by atoms with Gasteiger partial charge in [-0.25, -0.2) is 4.79 Å². The molecule has 160 valence electrons. The molecule has 1 aliphatic heterocycles. The molecule has 31 heavy (non-hydrogen) atoms. The molecule has 2 aromatic carbocycles. The van der Waals surface area contributed by atoms with Gasteiger partial charge in [0.15, 0.2) is 0 Å². The lowest BCUT2D eigenvalue weighted by Gasteiger charge is -2.14. The Morgan fingerprint density at radius 1 is 1.03 bits per heavy atom. The number of carboxylic acids is 1. The molecule has 8 heteroatoms. The van der Waals surface area contributed by atoms with E-state index in [4.69, 9.17) is 12.2 Å². The van der Waals surface area contributed by atoms with E-state index in [1.54, 1.807) is 23.1 Å². The van der Waals surface area contributed by atoms with Crippen LogP contribution in [-0.4, -0.2) is 38.7 Å². The van der Waals surface area contributed by atoms with Gasteiger partial charge in [0.25, 0.3) is 5.91 Å². The smallest absolute Gasteiger partial charge is 0.337 e. The number of carbonyl (C=O) groups excluding carboxylic acids is 2. The first-order chi connectivity index (χ1) is 15.0. The number of aromatic carboxylic acids is 1. The van der Waals surface area contributed by atoms with Crippen LogP contribution >= 0.6 is 24.0 Å². The third kappa shape index (κ3) is 6.26. The van der Waals surface area contributed by atoms with Gasteiger partial charge in [-0.1, -0.05) is 72.9 Å². The Morgan fingerprint density at radius 3 is 2.48 bits per heavy atom. The summed E-state index contributed by atoms with van der Waals surface area (Å²) in [6, 6.07) is 15.9. The van der Waals surface area contributed by atoms with Gasteiger partial charge in [-0.3, -0.25) is 14.5 Å². The number of rotatable bonds is 9. The van der Waals surface area contributed by atoms with Crippen molar-refractivity contribution in [3.05, 3.63) is 70.6 Å². The minimum absolute atomic E-state index is 0.0637. The van der Waals surface area contributed by atoms with Crippen LogP contribution in [0.5, 0.6) is 0 Å². The van der Waals surface area contributed by atoms with E-state index in [0.717, 1.165) is 18.4 Å². The predicted octanol–water partition coefficient (Wildman–Crippen LogP) is 4.79. The quantitative estimate of drug-likeness (QED) is 0.322. The first-order valence-electron chi connectivity index (χ1n) is 9.88. The van der Waals surface area contributed by atoms with Gasteiger partial charge >= 0.3 is 5.97 Å². The summed E-state index contributed by atoms with van der Waals surface area (Å²) in [7, 11) is 0. The molecule has 0 aromatic heterocycles. The Morgan fingerprint density at radius 2 is 1.74 bits per heavy atom. The van der Waals surface area contributed by atoms with Crippen LogP contribution < -0.4 is 5.32 Å². The van der Waals surface area contributed by atoms with Gasteiger partial charge in [0.2, 0.25) is 5.91 Å². The van der Waals surface area contributed by atoms with Gasteiger partial charge in [0.1, 0.15) is 4.32 Å². The molecule has 0 spiro atoms. The summed E-state index contributed by atoms with van der Waals surface area (Å²) >= 11 is 6.66. The van der Waals surface area contributed by atoms with E-state index in [1.165, 1.54) is 17.8 Å². The fourth-order valence-electron chi connectivity index (χ4n) is 3.12. The topological polar surface area (TPSA) is 86.7 Å². The monoisotopic (exact) mass is 454 g/mol. The molecule has 1 saturated heterocycles. The molecule has 3 rings (SSSR count). The second-order valence-electron chi connectivity index (χ2n) is 6.95. The van der Waals surface area contributed by atoms with Gasteiger partial charge in [0.05, 0.1) is 16.2 Å². The maximum atomic E-state index is 12.6. The zero-order chi connectivity index (χ0) is 22.2. The molecule has 0 unspecified atom stereocenters. The van der Waals surface area contributed by atoms with Crippen LogP contribution in [0.15, 0.2) is 59.5 Å². The number of benzene rings is 2. The normalized spacial score (nSPS) is 14.8. The highest BCUT2D eigenvalue weighted by atomic mass is 32.2. The maximum Gasteiger partial charge on any atom is 0.337 e. The van der Waals surface area contributed by atoms with Gasteiger partial charge in [-0.15, -0.1) is 0 Å². The molecule has 0 radical (unpaired) electrons. The van der Waals surface area contributed by atoms with Crippen molar-refractivity contribution in [1.82, 2.24) is 4.90 Å². The molecule has 6 nitrogen and oxygen atoms in total. The average Bonchev–Trinajstić information content (AvgIpc) is 3.01. The van der Waals surface area contributed by atoms with Crippen LogP contribution in [0, 0.1) is 0 Å². The van der Waals surface area contributed by atoms with Crippen LogP contribution in [0.4, 0.5) is 5.69 Å². The predicted molar refractivity (Wildman–Crippen MR) is 127 cm³/mol. The lowest BCUT2D eigenvalue weighted by atomic mass is 10.1. The number of thioether (sulfide) groups is 1. The molecule has 2 amide bonds. The number of carboxylic acid groups (broad SMARTS) is 1. The van der Waals surface area contributed by atoms with Crippen molar-refractivity contribution < 1.29 is 19.5 Å². The van der Waals surface area contributed by atoms with Crippen LogP contribution in [0.1, 0.15) is 41.6 Å². The number of thiocarbonyl (C=S) groups is 1. The average molecular weight is 455 g/mol. The molecule has 0 aliphatic carbocycles. The van der Waals surface area contributed by atoms with E-state index in [0.29, 0.717) is 27.9 Å². The Labute approximate surface area is 190 Å². The summed E-state index contributed by atoms with van der Waals surface area (Å²) in [6.07, 6.45) is 4.24. The van der Waals surface area contributed by atoms with Crippen molar-refractivity contribution in [3.8, 4) is 0 Å². The third-order valence-corrected chi connectivity index (χ3v) is 6.07. The summed E-state index contributed by atoms with van der Waals surface area (Å²) in [5.74, 6) is -1.40. The fraction of sp³-hybridized carbons (Fsp3) is 0.217. The zero-order valence-electron chi connectivity index (χ0n) is 16.7. The summed E-state index contributed by atoms with van der Waals surface area (Å²) in [6.45, 7) is 0.514. The Bertz CT molecular complexity index is 1020. The highest BCUT2D eigenvalue weighted by Gasteiger charge is 2.31. The van der Waals surface area contributed by atoms with Gasteiger partial charge in [-0.2, -0.15) is 0 Å². The van der Waals surface area contributed by atoms with E-state index in [1.807, 2.05) is 36.4 Å². The first-order valence-corrected chi connectivity index (χ1v) is 11.1. The third-order valence-electron chi connectivity index (χ3n) is 4.69. The Balaban J connectivity index is 1.42. The number of anilines is 1. The minimum Gasteiger partial charge on any atom is -0.478 e. The number of hydrogen-bond donors (Lipinski definition) is 2. The molecule has 1 heterocycles. The number of para-hydroxylation sites is 1. The summed E-state index contributed by atoms with van der Waals surface area (Å²) < 4.78 is 0.551. The Hall–Kier alpha value is -2.97. The van der Waals surface area contributed by atoms with Crippen molar-refractivity contribution in [2.75, 3.05) is 11.9 Å². The van der Waals surface area contributed by atoms with Crippen molar-refractivity contribution in [3.63, 3.8) is 0 Å². The minimum atomic E-state index is -1.08. The van der Waals surface area contributed by atoms with Crippen LogP contribution in [0.25, 0.3) is 6.08 Å². The summed E-state index contributed by atoms with van der Waals surface area (Å²) in [5, 5.41) is 11.8. The van der Waals surface area contributed by atoms with Gasteiger partial charge < -0.3 is 10.4 Å². The SMILES string of the molecule is O=C(CCCCCN1C(=O)/C(=C\c2ccccc2)SC1=S)Nc1ccccc1C(=O)O. The molecule has 2 N–H and O–H groups in total. The zero-order valence-corrected chi connectivity index (χ0v) is 18.4. The number of amides is 2. The number of carbonyl (C=O) groups is 3. The molecule has 1 aliphatic rings. The van der Waals surface area contributed by atoms with Crippen molar-refractivity contribution in [1.29, 1.82) is 0 Å². The second kappa shape index (κ2) is 10.9. The molecule has 0 bridgehead atoms. The second-order valence-corrected chi connectivity index (χ2v) is 8.63. The van der Waals surface area contributed by atoms with E-state index < -0.39 is 5.97 Å². The number of hydrogen-bond acceptors (Lipinski definition) is 5. The molecule has 0 saturated carbocycles. The first kappa shape index (κ1) is 22.7. The maximum absolute atomic E-state index is 12.6. The lowest BCUT2D eigenvalue weighted by Crippen LogP contribution is -2.29. The largest absolute Gasteiger partial charge is 0.478 e. The standard InChI is InChI=1S/C23H22N2O4S2/c26-20(24-18-12-7-6-11-17(18)22(28)29)13-5-2-8-14-25-21(27)19(31-23(25)30)15-16-9-3-1-4-10-16/h1,3-4,6-7,9-12,15H,2,5,8,13-14H2,(H,24,26)(H,28,29)/b19-15+. The molecular formula is C23H22N2O4S2. The molecular weight excluding hydrogens is 432 g/mol. The van der Waals surface area contributed by atoms with Crippen LogP contribution in [0.2, 0.25) is 0 Å². The number of nitrogens with zero attached hydrogens (tertiary/aromatic N) is 1. The van der Waals surface area contributed by atoms with E-state index >= 15 is 0 Å². The Kier molecular flexibility index (Phi) is 7.97. The fourth-order valence-corrected chi connectivity index (χ4v) is 4.43. The van der Waals surface area contributed by atoms with Crippen molar-refractivity contribution >= 4 is 57.8 Å². The lowest BCUT2D eigenvalue weighted by molar-refractivity contribution is -0.122. The molecule has 0 atom stereocenters. The summed E-state index contributed by atoms with van der Waals surface area (Å²) in [5.41, 5.74) is 1.31. The van der Waals surface area contributed by atoms with Crippen molar-refractivity contribution in [2.24, 2.45) is 0 Å². The van der Waals surface area contributed by atoms with Crippen molar-refractivity contribution in [2.45, 2.75) is 25.7 Å². The van der Waals surface area contributed by atoms with E-state index in [-0.39, 0.29) is 23.8 Å². The number of unbranched alkanes of at least 4 members (excludes halogenated alkanes) is 2. The molecule has 2 aromatic rings. The van der Waals surface area contributed by atoms with Crippen LogP contribution in [0.3, 0.4) is 0 Å².